The third-order valence-electron chi connectivity index (χ3n) is 3.08. The standard InChI is InChI=1S/C12H17ClN4O/c1-7(6-18-4)5-10-14-15-12-9(3)8(2)11(13)16-17(10)12/h7H,5-6H2,1-4H3. The summed E-state index contributed by atoms with van der Waals surface area (Å²) >= 11 is 6.11. The molecule has 0 spiro atoms. The van der Waals surface area contributed by atoms with E-state index in [-0.39, 0.29) is 0 Å². The molecule has 2 heterocycles. The summed E-state index contributed by atoms with van der Waals surface area (Å²) in [4.78, 5) is 0. The van der Waals surface area contributed by atoms with Crippen molar-refractivity contribution in [2.75, 3.05) is 13.7 Å². The first-order valence-corrected chi connectivity index (χ1v) is 6.28. The number of hydrogen-bond acceptors (Lipinski definition) is 4. The summed E-state index contributed by atoms with van der Waals surface area (Å²) in [6, 6.07) is 0. The van der Waals surface area contributed by atoms with Gasteiger partial charge in [-0.2, -0.15) is 9.61 Å². The zero-order valence-electron chi connectivity index (χ0n) is 11.1. The molecule has 0 aliphatic heterocycles. The van der Waals surface area contributed by atoms with Gasteiger partial charge in [-0.05, 0) is 25.3 Å². The highest BCUT2D eigenvalue weighted by Gasteiger charge is 2.15. The molecule has 6 heteroatoms. The fourth-order valence-electron chi connectivity index (χ4n) is 1.92. The van der Waals surface area contributed by atoms with Gasteiger partial charge in [0.2, 0.25) is 0 Å². The van der Waals surface area contributed by atoms with Crippen LogP contribution in [0.1, 0.15) is 23.9 Å². The molecule has 0 radical (unpaired) electrons. The molecule has 0 aliphatic rings. The van der Waals surface area contributed by atoms with Crippen LogP contribution in [0.5, 0.6) is 0 Å². The fraction of sp³-hybridized carbons (Fsp3) is 0.583. The van der Waals surface area contributed by atoms with Crippen molar-refractivity contribution in [3.63, 3.8) is 0 Å². The predicted molar refractivity (Wildman–Crippen MR) is 70.0 cm³/mol. The quantitative estimate of drug-likeness (QED) is 0.853. The van der Waals surface area contributed by atoms with Crippen molar-refractivity contribution >= 4 is 17.2 Å². The second-order valence-electron chi connectivity index (χ2n) is 4.66. The number of aromatic nitrogens is 4. The second-order valence-corrected chi connectivity index (χ2v) is 5.02. The van der Waals surface area contributed by atoms with Crippen molar-refractivity contribution in [3.8, 4) is 0 Å². The Morgan fingerprint density at radius 1 is 1.28 bits per heavy atom. The van der Waals surface area contributed by atoms with Gasteiger partial charge in [0.1, 0.15) is 0 Å². The summed E-state index contributed by atoms with van der Waals surface area (Å²) in [7, 11) is 1.70. The lowest BCUT2D eigenvalue weighted by Crippen LogP contribution is -2.11. The first-order valence-electron chi connectivity index (χ1n) is 5.90. The lowest BCUT2D eigenvalue weighted by atomic mass is 10.1. The van der Waals surface area contributed by atoms with Gasteiger partial charge >= 0.3 is 0 Å². The number of hydrogen-bond donors (Lipinski definition) is 0. The predicted octanol–water partition coefficient (Wildman–Crippen LogP) is 2.22. The number of nitrogens with zero attached hydrogens (tertiary/aromatic N) is 4. The molecule has 18 heavy (non-hydrogen) atoms. The molecule has 0 N–H and O–H groups in total. The molecule has 0 saturated carbocycles. The third-order valence-corrected chi connectivity index (χ3v) is 3.44. The summed E-state index contributed by atoms with van der Waals surface area (Å²) in [5, 5.41) is 13.2. The Bertz CT molecular complexity index is 567. The number of methoxy groups -OCH3 is 1. The van der Waals surface area contributed by atoms with Crippen LogP contribution in [-0.2, 0) is 11.2 Å². The molecule has 5 nitrogen and oxygen atoms in total. The van der Waals surface area contributed by atoms with E-state index in [0.29, 0.717) is 17.7 Å². The van der Waals surface area contributed by atoms with E-state index in [1.165, 1.54) is 0 Å². The average molecular weight is 269 g/mol. The summed E-state index contributed by atoms with van der Waals surface area (Å²) < 4.78 is 6.86. The Morgan fingerprint density at radius 2 is 2.00 bits per heavy atom. The highest BCUT2D eigenvalue weighted by atomic mass is 35.5. The summed E-state index contributed by atoms with van der Waals surface area (Å²) in [5.41, 5.74) is 2.75. The molecule has 2 rings (SSSR count). The first kappa shape index (κ1) is 13.2. The highest BCUT2D eigenvalue weighted by Crippen LogP contribution is 2.20. The van der Waals surface area contributed by atoms with Crippen LogP contribution in [-0.4, -0.2) is 33.5 Å². The van der Waals surface area contributed by atoms with E-state index in [0.717, 1.165) is 29.0 Å². The monoisotopic (exact) mass is 268 g/mol. The minimum absolute atomic E-state index is 0.365. The van der Waals surface area contributed by atoms with Gasteiger partial charge in [-0.25, -0.2) is 0 Å². The molecule has 0 amide bonds. The lowest BCUT2D eigenvalue weighted by molar-refractivity contribution is 0.158. The van der Waals surface area contributed by atoms with Gasteiger partial charge < -0.3 is 4.74 Å². The van der Waals surface area contributed by atoms with Crippen molar-refractivity contribution in [1.29, 1.82) is 0 Å². The number of fused-ring (bicyclic) bond motifs is 1. The number of ether oxygens (including phenoxy) is 1. The molecule has 2 aromatic heterocycles. The maximum absolute atomic E-state index is 6.11. The lowest BCUT2D eigenvalue weighted by Gasteiger charge is -2.09. The van der Waals surface area contributed by atoms with E-state index in [1.807, 2.05) is 13.8 Å². The van der Waals surface area contributed by atoms with E-state index in [1.54, 1.807) is 11.6 Å². The van der Waals surface area contributed by atoms with Gasteiger partial charge in [-0.3, -0.25) is 0 Å². The molecule has 98 valence electrons. The van der Waals surface area contributed by atoms with Crippen LogP contribution >= 0.6 is 11.6 Å². The van der Waals surface area contributed by atoms with Crippen LogP contribution in [0.15, 0.2) is 0 Å². The van der Waals surface area contributed by atoms with Crippen molar-refractivity contribution in [3.05, 3.63) is 22.1 Å². The Balaban J connectivity index is 2.42. The maximum atomic E-state index is 6.11. The largest absolute Gasteiger partial charge is 0.384 e. The molecular formula is C12H17ClN4O. The van der Waals surface area contributed by atoms with Crippen molar-refractivity contribution in [2.24, 2.45) is 5.92 Å². The highest BCUT2D eigenvalue weighted by molar-refractivity contribution is 6.30. The van der Waals surface area contributed by atoms with Gasteiger partial charge in [-0.1, -0.05) is 18.5 Å². The average Bonchev–Trinajstić information content (AvgIpc) is 2.70. The van der Waals surface area contributed by atoms with E-state index < -0.39 is 0 Å². The molecule has 0 fully saturated rings. The summed E-state index contributed by atoms with van der Waals surface area (Å²) in [5.74, 6) is 1.18. The normalized spacial score (nSPS) is 13.2. The molecule has 0 aromatic carbocycles. The van der Waals surface area contributed by atoms with Gasteiger partial charge in [0.25, 0.3) is 0 Å². The Morgan fingerprint density at radius 3 is 2.67 bits per heavy atom. The molecule has 1 atom stereocenters. The Labute approximate surface area is 111 Å². The van der Waals surface area contributed by atoms with Crippen LogP contribution < -0.4 is 0 Å². The zero-order valence-corrected chi connectivity index (χ0v) is 11.8. The first-order chi connectivity index (χ1) is 8.54. The van der Waals surface area contributed by atoms with Crippen LogP contribution in [0.3, 0.4) is 0 Å². The van der Waals surface area contributed by atoms with Gasteiger partial charge in [0.05, 0.1) is 0 Å². The van der Waals surface area contributed by atoms with Crippen LogP contribution in [0.2, 0.25) is 5.15 Å². The maximum Gasteiger partial charge on any atom is 0.181 e. The van der Waals surface area contributed by atoms with Gasteiger partial charge in [0, 0.05) is 25.7 Å². The minimum Gasteiger partial charge on any atom is -0.384 e. The Hall–Kier alpha value is -1.20. The molecule has 0 bridgehead atoms. The number of halogens is 1. The Kier molecular flexibility index (Phi) is 3.82. The number of aryl methyl sites for hydroxylation is 1. The van der Waals surface area contributed by atoms with Gasteiger partial charge in [-0.15, -0.1) is 10.2 Å². The van der Waals surface area contributed by atoms with Crippen molar-refractivity contribution in [2.45, 2.75) is 27.2 Å². The second kappa shape index (κ2) is 5.20. The third kappa shape index (κ3) is 2.33. The molecular weight excluding hydrogens is 252 g/mol. The van der Waals surface area contributed by atoms with E-state index in [4.69, 9.17) is 16.3 Å². The molecule has 0 saturated heterocycles. The fourth-order valence-corrected chi connectivity index (χ4v) is 2.14. The van der Waals surface area contributed by atoms with Crippen LogP contribution in [0.25, 0.3) is 5.65 Å². The minimum atomic E-state index is 0.365. The van der Waals surface area contributed by atoms with E-state index >= 15 is 0 Å². The molecule has 1 unspecified atom stereocenters. The van der Waals surface area contributed by atoms with Crippen LogP contribution in [0, 0.1) is 19.8 Å². The SMILES string of the molecule is COCC(C)Cc1nnc2c(C)c(C)c(Cl)nn12. The van der Waals surface area contributed by atoms with E-state index in [2.05, 4.69) is 22.2 Å². The smallest absolute Gasteiger partial charge is 0.181 e. The molecule has 0 aliphatic carbocycles. The zero-order chi connectivity index (χ0) is 13.3. The van der Waals surface area contributed by atoms with E-state index in [9.17, 15) is 0 Å². The summed E-state index contributed by atoms with van der Waals surface area (Å²) in [6.45, 7) is 6.71. The number of rotatable bonds is 4. The van der Waals surface area contributed by atoms with Crippen molar-refractivity contribution < 1.29 is 4.74 Å². The molecule has 2 aromatic rings. The summed E-state index contributed by atoms with van der Waals surface area (Å²) in [6.07, 6.45) is 0.765. The van der Waals surface area contributed by atoms with Crippen LogP contribution in [0.4, 0.5) is 0 Å². The van der Waals surface area contributed by atoms with Crippen molar-refractivity contribution in [1.82, 2.24) is 19.8 Å². The topological polar surface area (TPSA) is 52.3 Å². The van der Waals surface area contributed by atoms with Gasteiger partial charge in [0.15, 0.2) is 16.6 Å².